The predicted octanol–water partition coefficient (Wildman–Crippen LogP) is 4.67. The molecule has 1 spiro atoms. The monoisotopic (exact) mass is 293 g/mol. The molecule has 122 valence electrons. The van der Waals surface area contributed by atoms with Crippen molar-refractivity contribution in [3.8, 4) is 0 Å². The van der Waals surface area contributed by atoms with Gasteiger partial charge in [0.15, 0.2) is 0 Å². The molecule has 3 aliphatic carbocycles. The summed E-state index contributed by atoms with van der Waals surface area (Å²) in [7, 11) is 0. The molecule has 3 fully saturated rings. The summed E-state index contributed by atoms with van der Waals surface area (Å²) in [4.78, 5) is 0. The lowest BCUT2D eigenvalue weighted by Gasteiger charge is -2.56. The number of hydrogen-bond donors (Lipinski definition) is 1. The second-order valence-electron chi connectivity index (χ2n) is 7.83. The average Bonchev–Trinajstić information content (AvgIpc) is 2.71. The van der Waals surface area contributed by atoms with Gasteiger partial charge in [-0.25, -0.2) is 0 Å². The first-order chi connectivity index (χ1) is 10.3. The Balaban J connectivity index is 1.51. The van der Waals surface area contributed by atoms with Crippen molar-refractivity contribution in [3.63, 3.8) is 0 Å². The largest absolute Gasteiger partial charge is 0.378 e. The Morgan fingerprint density at radius 3 is 2.43 bits per heavy atom. The van der Waals surface area contributed by atoms with E-state index in [1.54, 1.807) is 0 Å². The Morgan fingerprint density at radius 1 is 1.05 bits per heavy atom. The third kappa shape index (κ3) is 3.47. The summed E-state index contributed by atoms with van der Waals surface area (Å²) >= 11 is 0. The maximum absolute atomic E-state index is 6.40. The Hall–Kier alpha value is -0.0800. The van der Waals surface area contributed by atoms with Gasteiger partial charge in [-0.1, -0.05) is 51.9 Å². The van der Waals surface area contributed by atoms with E-state index in [9.17, 15) is 0 Å². The molecule has 3 aliphatic rings. The summed E-state index contributed by atoms with van der Waals surface area (Å²) in [5, 5.41) is 3.83. The Labute approximate surface area is 131 Å². The van der Waals surface area contributed by atoms with Crippen LogP contribution in [-0.4, -0.2) is 25.3 Å². The van der Waals surface area contributed by atoms with E-state index < -0.39 is 0 Å². The molecule has 3 saturated carbocycles. The van der Waals surface area contributed by atoms with E-state index in [0.717, 1.165) is 18.6 Å². The normalized spacial score (nSPS) is 32.4. The van der Waals surface area contributed by atoms with E-state index in [-0.39, 0.29) is 0 Å². The van der Waals surface area contributed by atoms with Crippen LogP contribution in [0.15, 0.2) is 0 Å². The van der Waals surface area contributed by atoms with Crippen LogP contribution in [0.5, 0.6) is 0 Å². The molecule has 1 N–H and O–H groups in total. The van der Waals surface area contributed by atoms with Gasteiger partial charge in [0.1, 0.15) is 0 Å². The molecule has 2 unspecified atom stereocenters. The minimum absolute atomic E-state index is 0.491. The van der Waals surface area contributed by atoms with Gasteiger partial charge < -0.3 is 10.1 Å². The zero-order valence-corrected chi connectivity index (χ0v) is 14.0. The lowest BCUT2D eigenvalue weighted by atomic mass is 9.57. The van der Waals surface area contributed by atoms with E-state index in [4.69, 9.17) is 4.74 Å². The fourth-order valence-electron chi connectivity index (χ4n) is 4.80. The summed E-state index contributed by atoms with van der Waals surface area (Å²) < 4.78 is 6.40. The molecule has 0 aromatic carbocycles. The van der Waals surface area contributed by atoms with E-state index in [1.165, 1.54) is 83.6 Å². The van der Waals surface area contributed by atoms with Gasteiger partial charge in [0.25, 0.3) is 0 Å². The smallest absolute Gasteiger partial charge is 0.0661 e. The summed E-state index contributed by atoms with van der Waals surface area (Å²) in [5.41, 5.74) is 0.491. The number of nitrogens with one attached hydrogen (secondary N) is 1. The lowest BCUT2D eigenvalue weighted by Crippen LogP contribution is -2.63. The van der Waals surface area contributed by atoms with Crippen molar-refractivity contribution in [1.82, 2.24) is 5.32 Å². The van der Waals surface area contributed by atoms with Crippen LogP contribution in [0.4, 0.5) is 0 Å². The highest BCUT2D eigenvalue weighted by Gasteiger charge is 2.54. The van der Waals surface area contributed by atoms with Gasteiger partial charge in [-0.15, -0.1) is 0 Å². The molecular formula is C19H35NO. The number of ether oxygens (including phenoxy) is 1. The topological polar surface area (TPSA) is 21.3 Å². The molecule has 0 bridgehead atoms. The van der Waals surface area contributed by atoms with E-state index in [0.29, 0.717) is 11.5 Å². The minimum Gasteiger partial charge on any atom is -0.378 e. The Bertz CT molecular complexity index is 305. The van der Waals surface area contributed by atoms with Gasteiger partial charge >= 0.3 is 0 Å². The zero-order chi connectivity index (χ0) is 14.5. The fraction of sp³-hybridized carbons (Fsp3) is 1.00. The van der Waals surface area contributed by atoms with Crippen LogP contribution in [0.3, 0.4) is 0 Å². The summed E-state index contributed by atoms with van der Waals surface area (Å²) in [6, 6.07) is 0.740. The molecule has 0 saturated heterocycles. The fourth-order valence-corrected chi connectivity index (χ4v) is 4.80. The van der Waals surface area contributed by atoms with Gasteiger partial charge in [-0.05, 0) is 44.6 Å². The molecule has 2 atom stereocenters. The van der Waals surface area contributed by atoms with Crippen LogP contribution in [-0.2, 0) is 4.74 Å². The molecular weight excluding hydrogens is 258 g/mol. The van der Waals surface area contributed by atoms with Crippen LogP contribution in [0.25, 0.3) is 0 Å². The van der Waals surface area contributed by atoms with Gasteiger partial charge in [0, 0.05) is 18.1 Å². The molecule has 0 amide bonds. The standard InChI is InChI=1S/C19H35NO/c1-2-13-20-17-15-18(21-14-10-16-8-7-9-16)19(17)11-5-3-4-6-12-19/h16-18,20H,2-15H2,1H3. The summed E-state index contributed by atoms with van der Waals surface area (Å²) in [6.07, 6.45) is 17.3. The number of rotatable bonds is 7. The van der Waals surface area contributed by atoms with Crippen molar-refractivity contribution in [1.29, 1.82) is 0 Å². The first-order valence-corrected chi connectivity index (χ1v) is 9.70. The first-order valence-electron chi connectivity index (χ1n) is 9.70. The maximum Gasteiger partial charge on any atom is 0.0661 e. The van der Waals surface area contributed by atoms with E-state index >= 15 is 0 Å². The average molecular weight is 293 g/mol. The maximum atomic E-state index is 6.40. The molecule has 0 aromatic rings. The molecule has 2 heteroatoms. The zero-order valence-electron chi connectivity index (χ0n) is 14.0. The molecule has 0 aromatic heterocycles. The minimum atomic E-state index is 0.491. The quantitative estimate of drug-likeness (QED) is 0.736. The van der Waals surface area contributed by atoms with Crippen molar-refractivity contribution < 1.29 is 4.74 Å². The van der Waals surface area contributed by atoms with Gasteiger partial charge in [-0.2, -0.15) is 0 Å². The van der Waals surface area contributed by atoms with Crippen LogP contribution in [0, 0.1) is 11.3 Å². The predicted molar refractivity (Wildman–Crippen MR) is 88.5 cm³/mol. The van der Waals surface area contributed by atoms with Crippen molar-refractivity contribution in [2.45, 2.75) is 96.1 Å². The molecule has 0 heterocycles. The van der Waals surface area contributed by atoms with Crippen LogP contribution in [0.2, 0.25) is 0 Å². The van der Waals surface area contributed by atoms with Crippen molar-refractivity contribution in [2.75, 3.05) is 13.2 Å². The Kier molecular flexibility index (Phi) is 5.61. The van der Waals surface area contributed by atoms with Crippen molar-refractivity contribution in [2.24, 2.45) is 11.3 Å². The highest BCUT2D eigenvalue weighted by Crippen LogP contribution is 2.52. The highest BCUT2D eigenvalue weighted by molar-refractivity contribution is 5.08. The third-order valence-corrected chi connectivity index (χ3v) is 6.53. The number of hydrogen-bond acceptors (Lipinski definition) is 2. The van der Waals surface area contributed by atoms with Crippen LogP contribution >= 0.6 is 0 Å². The highest BCUT2D eigenvalue weighted by atomic mass is 16.5. The second kappa shape index (κ2) is 7.46. The second-order valence-corrected chi connectivity index (χ2v) is 7.83. The van der Waals surface area contributed by atoms with Gasteiger partial charge in [-0.3, -0.25) is 0 Å². The molecule has 2 nitrogen and oxygen atoms in total. The molecule has 0 aliphatic heterocycles. The molecule has 3 rings (SSSR count). The van der Waals surface area contributed by atoms with E-state index in [1.807, 2.05) is 0 Å². The van der Waals surface area contributed by atoms with E-state index in [2.05, 4.69) is 12.2 Å². The van der Waals surface area contributed by atoms with Gasteiger partial charge in [0.05, 0.1) is 6.10 Å². The summed E-state index contributed by atoms with van der Waals surface area (Å²) in [5.74, 6) is 0.990. The van der Waals surface area contributed by atoms with Crippen molar-refractivity contribution >= 4 is 0 Å². The summed E-state index contributed by atoms with van der Waals surface area (Å²) in [6.45, 7) is 4.48. The first kappa shape index (κ1) is 15.8. The SMILES string of the molecule is CCCNC1CC(OCCC2CCC2)C12CCCCCC2. The Morgan fingerprint density at radius 2 is 1.81 bits per heavy atom. The van der Waals surface area contributed by atoms with Crippen molar-refractivity contribution in [3.05, 3.63) is 0 Å². The molecule has 21 heavy (non-hydrogen) atoms. The van der Waals surface area contributed by atoms with Crippen LogP contribution in [0.1, 0.15) is 84.0 Å². The van der Waals surface area contributed by atoms with Crippen LogP contribution < -0.4 is 5.32 Å². The van der Waals surface area contributed by atoms with Gasteiger partial charge in [0.2, 0.25) is 0 Å². The third-order valence-electron chi connectivity index (χ3n) is 6.53. The molecule has 0 radical (unpaired) electrons. The lowest BCUT2D eigenvalue weighted by molar-refractivity contribution is -0.146.